The van der Waals surface area contributed by atoms with Gasteiger partial charge in [-0.15, -0.1) is 0 Å². The molecule has 0 aliphatic heterocycles. The Morgan fingerprint density at radius 3 is 1.48 bits per heavy atom. The minimum atomic E-state index is -3.84. The first-order chi connectivity index (χ1) is 15.2. The van der Waals surface area contributed by atoms with E-state index in [2.05, 4.69) is 6.92 Å². The highest BCUT2D eigenvalue weighted by atomic mass is 19.3. The van der Waals surface area contributed by atoms with E-state index in [1.54, 1.807) is 0 Å². The van der Waals surface area contributed by atoms with Crippen LogP contribution in [0.5, 0.6) is 0 Å². The third kappa shape index (κ3) is 6.29. The van der Waals surface area contributed by atoms with Crippen molar-refractivity contribution in [3.05, 3.63) is 35.1 Å². The van der Waals surface area contributed by atoms with Crippen LogP contribution < -0.4 is 0 Å². The fourth-order valence-electron chi connectivity index (χ4n) is 6.52. The Balaban J connectivity index is 0.00000306. The third-order valence-corrected chi connectivity index (χ3v) is 8.56. The molecule has 0 N–H and O–H groups in total. The fraction of sp³-hybridized carbons (Fsp3) is 0.778. The molecule has 0 heterocycles. The van der Waals surface area contributed by atoms with Crippen LogP contribution >= 0.6 is 0 Å². The zero-order valence-electron chi connectivity index (χ0n) is 18.9. The summed E-state index contributed by atoms with van der Waals surface area (Å²) in [5, 5.41) is 0. The van der Waals surface area contributed by atoms with Crippen LogP contribution in [0.4, 0.5) is 22.0 Å². The Morgan fingerprint density at radius 2 is 1.06 bits per heavy atom. The maximum absolute atomic E-state index is 14.4. The summed E-state index contributed by atoms with van der Waals surface area (Å²) in [6.07, 6.45) is 8.86. The van der Waals surface area contributed by atoms with Gasteiger partial charge in [-0.25, -0.2) is 13.2 Å². The van der Waals surface area contributed by atoms with Gasteiger partial charge in [-0.1, -0.05) is 27.2 Å². The van der Waals surface area contributed by atoms with Crippen LogP contribution in [0.1, 0.15) is 101 Å². The maximum atomic E-state index is 14.4. The first-order valence-electron chi connectivity index (χ1n) is 12.4. The Labute approximate surface area is 199 Å². The zero-order chi connectivity index (χ0) is 22.9. The van der Waals surface area contributed by atoms with Gasteiger partial charge in [0.1, 0.15) is 0 Å². The van der Waals surface area contributed by atoms with E-state index in [4.69, 9.17) is 4.74 Å². The van der Waals surface area contributed by atoms with Crippen LogP contribution in [0.15, 0.2) is 12.1 Å². The van der Waals surface area contributed by atoms with Gasteiger partial charge in [0.05, 0.1) is 11.7 Å². The monoisotopic (exact) mass is 480 g/mol. The second-order valence-electron chi connectivity index (χ2n) is 10.6. The van der Waals surface area contributed by atoms with E-state index in [0.29, 0.717) is 36.8 Å². The van der Waals surface area contributed by atoms with E-state index >= 15 is 0 Å². The van der Waals surface area contributed by atoms with E-state index in [9.17, 15) is 22.0 Å². The van der Waals surface area contributed by atoms with Gasteiger partial charge in [-0.05, 0) is 106 Å². The van der Waals surface area contributed by atoms with Gasteiger partial charge in [0.15, 0.2) is 17.5 Å². The molecule has 0 atom stereocenters. The lowest BCUT2D eigenvalue weighted by atomic mass is 9.65. The third-order valence-electron chi connectivity index (χ3n) is 8.56. The molecule has 1 aromatic rings. The van der Waals surface area contributed by atoms with Crippen molar-refractivity contribution >= 4 is 0 Å². The van der Waals surface area contributed by atoms with Crippen molar-refractivity contribution in [2.24, 2.45) is 29.6 Å². The number of hydrogen-bond donors (Lipinski definition) is 0. The highest BCUT2D eigenvalue weighted by Crippen LogP contribution is 2.46. The van der Waals surface area contributed by atoms with Gasteiger partial charge in [-0.2, -0.15) is 8.78 Å². The fourth-order valence-corrected chi connectivity index (χ4v) is 6.52. The SMILES string of the molecule is C.CC1CCC(C2CCC(C3CCC(OC(F)(F)c4cc(F)c(F)c(F)c4)CC3)CC2)CC1.[HH].[HH].[HH]. The van der Waals surface area contributed by atoms with Gasteiger partial charge in [0.25, 0.3) is 0 Å². The second kappa shape index (κ2) is 11.0. The molecule has 0 aromatic heterocycles. The lowest BCUT2D eigenvalue weighted by Gasteiger charge is -2.41. The van der Waals surface area contributed by atoms with Crippen molar-refractivity contribution < 1.29 is 31.0 Å². The molecule has 0 unspecified atom stereocenters. The molecule has 33 heavy (non-hydrogen) atoms. The number of alkyl halides is 2. The highest BCUT2D eigenvalue weighted by Gasteiger charge is 2.40. The largest absolute Gasteiger partial charge is 0.383 e. The molecule has 3 fully saturated rings. The summed E-state index contributed by atoms with van der Waals surface area (Å²) in [4.78, 5) is 0. The minimum absolute atomic E-state index is 0. The maximum Gasteiger partial charge on any atom is 0.383 e. The minimum Gasteiger partial charge on any atom is -0.313 e. The van der Waals surface area contributed by atoms with Gasteiger partial charge in [0, 0.05) is 4.28 Å². The highest BCUT2D eigenvalue weighted by molar-refractivity contribution is 5.22. The van der Waals surface area contributed by atoms with E-state index in [-0.39, 0.29) is 11.7 Å². The van der Waals surface area contributed by atoms with Gasteiger partial charge in [0.2, 0.25) is 0 Å². The number of hydrogen-bond acceptors (Lipinski definition) is 1. The molecule has 0 amide bonds. The quantitative estimate of drug-likeness (QED) is 0.301. The van der Waals surface area contributed by atoms with Crippen LogP contribution in [0.3, 0.4) is 0 Å². The van der Waals surface area contributed by atoms with Gasteiger partial charge < -0.3 is 4.74 Å². The summed E-state index contributed by atoms with van der Waals surface area (Å²) in [5.41, 5.74) is -0.980. The first kappa shape index (κ1) is 26.4. The van der Waals surface area contributed by atoms with Crippen molar-refractivity contribution in [3.8, 4) is 0 Å². The number of halogens is 5. The summed E-state index contributed by atoms with van der Waals surface area (Å²) in [6, 6.07) is 0.630. The number of rotatable bonds is 5. The molecule has 0 saturated heterocycles. The predicted octanol–water partition coefficient (Wildman–Crippen LogP) is 9.74. The lowest BCUT2D eigenvalue weighted by molar-refractivity contribution is -0.278. The van der Waals surface area contributed by atoms with Crippen molar-refractivity contribution in [1.82, 2.24) is 0 Å². The zero-order valence-corrected chi connectivity index (χ0v) is 18.9. The second-order valence-corrected chi connectivity index (χ2v) is 10.6. The average Bonchev–Trinajstić information content (AvgIpc) is 2.78. The Kier molecular flexibility index (Phi) is 8.85. The first-order valence-corrected chi connectivity index (χ1v) is 12.4. The van der Waals surface area contributed by atoms with Crippen LogP contribution in [0.2, 0.25) is 0 Å². The molecule has 194 valence electrons. The predicted molar refractivity (Wildman–Crippen MR) is 127 cm³/mol. The van der Waals surface area contributed by atoms with Crippen LogP contribution in [-0.4, -0.2) is 6.10 Å². The summed E-state index contributed by atoms with van der Waals surface area (Å²) >= 11 is 0. The van der Waals surface area contributed by atoms with Crippen LogP contribution in [0, 0.1) is 47.0 Å². The molecular weight excluding hydrogens is 435 g/mol. The molecule has 0 bridgehead atoms. The summed E-state index contributed by atoms with van der Waals surface area (Å²) < 4.78 is 73.7. The van der Waals surface area contributed by atoms with Crippen LogP contribution in [0.25, 0.3) is 0 Å². The Morgan fingerprint density at radius 1 is 0.697 bits per heavy atom. The van der Waals surface area contributed by atoms with Crippen LogP contribution in [-0.2, 0) is 10.8 Å². The van der Waals surface area contributed by atoms with E-state index < -0.39 is 35.2 Å². The van der Waals surface area contributed by atoms with Gasteiger partial charge in [-0.3, -0.25) is 0 Å². The molecule has 1 nitrogen and oxygen atoms in total. The number of benzene rings is 1. The molecule has 3 aliphatic rings. The van der Waals surface area contributed by atoms with E-state index in [1.807, 2.05) is 0 Å². The molecule has 0 radical (unpaired) electrons. The van der Waals surface area contributed by atoms with Crippen molar-refractivity contribution in [2.75, 3.05) is 0 Å². The molecular formula is C27H45F5O. The van der Waals surface area contributed by atoms with Gasteiger partial charge >= 0.3 is 6.11 Å². The molecule has 3 aliphatic carbocycles. The molecule has 1 aromatic carbocycles. The molecule has 6 heteroatoms. The Hall–Kier alpha value is -1.17. The lowest BCUT2D eigenvalue weighted by Crippen LogP contribution is -2.33. The standard InChI is InChI=1S/C26H35F5O.CH4.3H2/c1-16-2-4-17(5-3-16)18-6-8-19(9-7-18)20-10-12-22(13-11-20)32-26(30,31)21-14-23(27)25(29)24(28)15-21;;;;/h14-20,22H,2-13H2,1H3;1H4;3*1H. The summed E-state index contributed by atoms with van der Waals surface area (Å²) in [6.45, 7) is 2.36. The molecule has 4 rings (SSSR count). The number of ether oxygens (including phenoxy) is 1. The van der Waals surface area contributed by atoms with E-state index in [0.717, 1.165) is 30.6 Å². The summed E-state index contributed by atoms with van der Waals surface area (Å²) in [7, 11) is 0. The summed E-state index contributed by atoms with van der Waals surface area (Å²) in [5.74, 6) is -1.14. The van der Waals surface area contributed by atoms with Crippen molar-refractivity contribution in [3.63, 3.8) is 0 Å². The molecule has 3 saturated carbocycles. The normalized spacial score (nSPS) is 33.4. The molecule has 0 spiro atoms. The van der Waals surface area contributed by atoms with Crippen molar-refractivity contribution in [1.29, 1.82) is 0 Å². The van der Waals surface area contributed by atoms with E-state index in [1.165, 1.54) is 51.4 Å². The topological polar surface area (TPSA) is 9.23 Å². The Bertz CT molecular complexity index is 750. The average molecular weight is 481 g/mol. The van der Waals surface area contributed by atoms with Crippen molar-refractivity contribution in [2.45, 2.75) is 104 Å². The smallest absolute Gasteiger partial charge is 0.313 e.